The minimum Gasteiger partial charge on any atom is -0.494 e. The Hall–Kier alpha value is -3.08. The quantitative estimate of drug-likeness (QED) is 0.336. The number of nitro groups is 1. The van der Waals surface area contributed by atoms with Crippen molar-refractivity contribution >= 4 is 38.3 Å². The van der Waals surface area contributed by atoms with Crippen molar-refractivity contribution < 1.29 is 19.2 Å². The Morgan fingerprint density at radius 3 is 2.65 bits per heavy atom. The van der Waals surface area contributed by atoms with Gasteiger partial charge in [0.1, 0.15) is 11.3 Å². The number of rotatable bonds is 9. The molecule has 3 aromatic rings. The van der Waals surface area contributed by atoms with Crippen LogP contribution in [0.4, 0.5) is 10.8 Å². The van der Waals surface area contributed by atoms with Gasteiger partial charge in [-0.25, -0.2) is 4.98 Å². The standard InChI is InChI=1S/C24H28N4O5S/c1-17-4-9-20(32-2)22-23(17)34-24(25-22)27(11-3-10-26-12-14-33-15-13-26)21(29)16-18-5-7-19(8-6-18)28(30)31/h4-9H,3,10-16H2,1-2H3. The lowest BCUT2D eigenvalue weighted by Gasteiger charge is -2.27. The van der Waals surface area contributed by atoms with Gasteiger partial charge in [0.25, 0.3) is 5.69 Å². The molecule has 0 saturated carbocycles. The third-order valence-electron chi connectivity index (χ3n) is 5.91. The second-order valence-corrected chi connectivity index (χ2v) is 9.19. The number of carbonyl (C=O) groups excluding carboxylic acids is 1. The van der Waals surface area contributed by atoms with Gasteiger partial charge in [-0.1, -0.05) is 29.5 Å². The van der Waals surface area contributed by atoms with Crippen LogP contribution in [0.15, 0.2) is 36.4 Å². The minimum absolute atomic E-state index is 0.00677. The number of fused-ring (bicyclic) bond motifs is 1. The molecule has 1 saturated heterocycles. The van der Waals surface area contributed by atoms with Gasteiger partial charge in [0.15, 0.2) is 5.13 Å². The van der Waals surface area contributed by atoms with Gasteiger partial charge >= 0.3 is 0 Å². The maximum atomic E-state index is 13.4. The molecule has 9 nitrogen and oxygen atoms in total. The Morgan fingerprint density at radius 2 is 1.97 bits per heavy atom. The molecule has 0 aliphatic carbocycles. The highest BCUT2D eigenvalue weighted by Crippen LogP contribution is 2.36. The smallest absolute Gasteiger partial charge is 0.269 e. The number of benzene rings is 2. The van der Waals surface area contributed by atoms with Crippen molar-refractivity contribution in [3.05, 3.63) is 57.6 Å². The van der Waals surface area contributed by atoms with E-state index in [4.69, 9.17) is 14.5 Å². The second kappa shape index (κ2) is 10.9. The maximum Gasteiger partial charge on any atom is 0.269 e. The normalized spacial score (nSPS) is 14.3. The van der Waals surface area contributed by atoms with Crippen molar-refractivity contribution in [2.75, 3.05) is 51.4 Å². The maximum absolute atomic E-state index is 13.4. The van der Waals surface area contributed by atoms with E-state index in [1.165, 1.54) is 23.5 Å². The number of aromatic nitrogens is 1. The number of nitro benzene ring substituents is 1. The van der Waals surface area contributed by atoms with Gasteiger partial charge in [-0.15, -0.1) is 0 Å². The minimum atomic E-state index is -0.444. The highest BCUT2D eigenvalue weighted by Gasteiger charge is 2.22. The Morgan fingerprint density at radius 1 is 1.24 bits per heavy atom. The van der Waals surface area contributed by atoms with E-state index in [2.05, 4.69) is 4.90 Å². The summed E-state index contributed by atoms with van der Waals surface area (Å²) in [6.45, 7) is 6.69. The molecule has 0 atom stereocenters. The summed E-state index contributed by atoms with van der Waals surface area (Å²) in [7, 11) is 1.61. The van der Waals surface area contributed by atoms with Gasteiger partial charge in [-0.2, -0.15) is 0 Å². The fourth-order valence-corrected chi connectivity index (χ4v) is 5.08. The summed E-state index contributed by atoms with van der Waals surface area (Å²) < 4.78 is 11.9. The Bertz CT molecular complexity index is 1160. The number of carbonyl (C=O) groups is 1. The second-order valence-electron chi connectivity index (χ2n) is 8.21. The fraction of sp³-hybridized carbons (Fsp3) is 0.417. The largest absolute Gasteiger partial charge is 0.494 e. The van der Waals surface area contributed by atoms with Gasteiger partial charge in [0.2, 0.25) is 5.91 Å². The van der Waals surface area contributed by atoms with E-state index in [0.29, 0.717) is 17.4 Å². The van der Waals surface area contributed by atoms with E-state index in [9.17, 15) is 14.9 Å². The topological polar surface area (TPSA) is 98.0 Å². The molecule has 0 N–H and O–H groups in total. The Kier molecular flexibility index (Phi) is 7.71. The third kappa shape index (κ3) is 5.52. The lowest BCUT2D eigenvalue weighted by atomic mass is 10.1. The number of aryl methyl sites for hydroxylation is 1. The molecule has 0 radical (unpaired) electrons. The van der Waals surface area contributed by atoms with Gasteiger partial charge in [-0.3, -0.25) is 24.7 Å². The number of morpholine rings is 1. The highest BCUT2D eigenvalue weighted by atomic mass is 32.1. The van der Waals surface area contributed by atoms with E-state index in [1.807, 2.05) is 19.1 Å². The predicted octanol–water partition coefficient (Wildman–Crippen LogP) is 3.82. The lowest BCUT2D eigenvalue weighted by Crippen LogP contribution is -2.39. The number of hydrogen-bond donors (Lipinski definition) is 0. The summed E-state index contributed by atoms with van der Waals surface area (Å²) in [5, 5.41) is 11.6. The van der Waals surface area contributed by atoms with Crippen LogP contribution in [0, 0.1) is 17.0 Å². The molecule has 34 heavy (non-hydrogen) atoms. The number of non-ortho nitro benzene ring substituents is 1. The number of methoxy groups -OCH3 is 1. The number of nitrogens with zero attached hydrogens (tertiary/aromatic N) is 4. The van der Waals surface area contributed by atoms with Crippen molar-refractivity contribution in [3.8, 4) is 5.75 Å². The number of amides is 1. The third-order valence-corrected chi connectivity index (χ3v) is 7.12. The van der Waals surface area contributed by atoms with Crippen LogP contribution in [0.1, 0.15) is 17.5 Å². The molecule has 1 aromatic heterocycles. The predicted molar refractivity (Wildman–Crippen MR) is 132 cm³/mol. The Balaban J connectivity index is 1.56. The molecular weight excluding hydrogens is 456 g/mol. The summed E-state index contributed by atoms with van der Waals surface area (Å²) in [5.41, 5.74) is 2.57. The zero-order valence-corrected chi connectivity index (χ0v) is 20.2. The number of thiazole rings is 1. The van der Waals surface area contributed by atoms with Crippen molar-refractivity contribution in [1.82, 2.24) is 9.88 Å². The first-order valence-electron chi connectivity index (χ1n) is 11.2. The van der Waals surface area contributed by atoms with Crippen LogP contribution < -0.4 is 9.64 Å². The molecule has 180 valence electrons. The van der Waals surface area contributed by atoms with Crippen LogP contribution in [-0.4, -0.2) is 67.2 Å². The SMILES string of the molecule is COc1ccc(C)c2sc(N(CCCN3CCOCC3)C(=O)Cc3ccc([N+](=O)[O-])cc3)nc12. The number of hydrogen-bond acceptors (Lipinski definition) is 8. The van der Waals surface area contributed by atoms with Crippen LogP contribution in [0.5, 0.6) is 5.75 Å². The van der Waals surface area contributed by atoms with Crippen LogP contribution in [0.25, 0.3) is 10.2 Å². The van der Waals surface area contributed by atoms with Crippen molar-refractivity contribution in [1.29, 1.82) is 0 Å². The number of ether oxygens (including phenoxy) is 2. The van der Waals surface area contributed by atoms with E-state index in [1.54, 1.807) is 24.1 Å². The van der Waals surface area contributed by atoms with Gasteiger partial charge < -0.3 is 9.47 Å². The van der Waals surface area contributed by atoms with Crippen molar-refractivity contribution in [3.63, 3.8) is 0 Å². The summed E-state index contributed by atoms with van der Waals surface area (Å²) in [6.07, 6.45) is 0.944. The van der Waals surface area contributed by atoms with E-state index in [-0.39, 0.29) is 18.0 Å². The number of anilines is 1. The lowest BCUT2D eigenvalue weighted by molar-refractivity contribution is -0.384. The molecule has 2 aromatic carbocycles. The molecule has 10 heteroatoms. The molecule has 4 rings (SSSR count). The molecule has 1 fully saturated rings. The van der Waals surface area contributed by atoms with Crippen LogP contribution >= 0.6 is 11.3 Å². The van der Waals surface area contributed by atoms with Crippen molar-refractivity contribution in [2.45, 2.75) is 19.8 Å². The molecule has 2 heterocycles. The average Bonchev–Trinajstić information content (AvgIpc) is 3.29. The Labute approximate surface area is 202 Å². The molecule has 0 bridgehead atoms. The van der Waals surface area contributed by atoms with Crippen LogP contribution in [-0.2, 0) is 16.0 Å². The molecule has 1 amide bonds. The van der Waals surface area contributed by atoms with Crippen LogP contribution in [0.2, 0.25) is 0 Å². The summed E-state index contributed by atoms with van der Waals surface area (Å²) in [4.78, 5) is 32.8. The summed E-state index contributed by atoms with van der Waals surface area (Å²) >= 11 is 1.48. The fourth-order valence-electron chi connectivity index (χ4n) is 3.99. The first-order valence-corrected chi connectivity index (χ1v) is 12.1. The van der Waals surface area contributed by atoms with Gasteiger partial charge in [0, 0.05) is 38.3 Å². The highest BCUT2D eigenvalue weighted by molar-refractivity contribution is 7.22. The molecule has 1 aliphatic heterocycles. The van der Waals surface area contributed by atoms with Gasteiger partial charge in [-0.05, 0) is 30.5 Å². The average molecular weight is 485 g/mol. The zero-order valence-electron chi connectivity index (χ0n) is 19.4. The van der Waals surface area contributed by atoms with E-state index in [0.717, 1.165) is 60.6 Å². The summed E-state index contributed by atoms with van der Waals surface area (Å²) in [6, 6.07) is 10.0. The monoisotopic (exact) mass is 484 g/mol. The zero-order chi connectivity index (χ0) is 24.1. The van der Waals surface area contributed by atoms with E-state index < -0.39 is 4.92 Å². The van der Waals surface area contributed by atoms with Gasteiger partial charge in [0.05, 0.1) is 36.4 Å². The first-order chi connectivity index (χ1) is 16.5. The first kappa shape index (κ1) is 24.1. The molecule has 0 spiro atoms. The van der Waals surface area contributed by atoms with Crippen molar-refractivity contribution in [2.24, 2.45) is 0 Å². The van der Waals surface area contributed by atoms with E-state index >= 15 is 0 Å². The summed E-state index contributed by atoms with van der Waals surface area (Å²) in [5.74, 6) is 0.589. The molecule has 1 aliphatic rings. The molecular formula is C24H28N4O5S. The van der Waals surface area contributed by atoms with Crippen LogP contribution in [0.3, 0.4) is 0 Å². The molecule has 0 unspecified atom stereocenters.